The van der Waals surface area contributed by atoms with E-state index in [1.54, 1.807) is 6.08 Å². The second kappa shape index (κ2) is 6.45. The molecule has 0 aliphatic rings. The topological polar surface area (TPSA) is 42.2 Å². The molecule has 0 atom stereocenters. The molecule has 0 saturated carbocycles. The third kappa shape index (κ3) is 4.46. The molecule has 106 valence electrons. The Morgan fingerprint density at radius 1 is 1.32 bits per heavy atom. The molecule has 0 aliphatic carbocycles. The van der Waals surface area contributed by atoms with Gasteiger partial charge in [0.2, 0.25) is 0 Å². The molecular formula is C13H16F3NO2. The highest BCUT2D eigenvalue weighted by Gasteiger charge is 2.36. The van der Waals surface area contributed by atoms with Crippen LogP contribution in [-0.2, 0) is 12.7 Å². The molecule has 1 rings (SSSR count). The third-order valence-electron chi connectivity index (χ3n) is 2.74. The number of carbonyl (C=O) groups is 1. The van der Waals surface area contributed by atoms with Crippen LogP contribution in [-0.4, -0.2) is 15.6 Å². The van der Waals surface area contributed by atoms with Gasteiger partial charge in [-0.3, -0.25) is 0 Å². The minimum Gasteiger partial charge on any atom is -0.478 e. The number of hydrogen-bond acceptors (Lipinski definition) is 1. The van der Waals surface area contributed by atoms with Gasteiger partial charge in [0.1, 0.15) is 0 Å². The molecule has 6 heteroatoms. The molecule has 0 amide bonds. The Kier molecular flexibility index (Phi) is 5.20. The summed E-state index contributed by atoms with van der Waals surface area (Å²) in [6.45, 7) is 3.96. The van der Waals surface area contributed by atoms with E-state index in [-0.39, 0.29) is 0 Å². The Bertz CT molecular complexity index is 449. The van der Waals surface area contributed by atoms with E-state index in [2.05, 4.69) is 6.58 Å². The van der Waals surface area contributed by atoms with Crippen molar-refractivity contribution in [1.82, 2.24) is 4.57 Å². The second-order valence-electron chi connectivity index (χ2n) is 4.26. The van der Waals surface area contributed by atoms with E-state index in [9.17, 15) is 18.0 Å². The normalized spacial score (nSPS) is 11.5. The molecule has 3 nitrogen and oxygen atoms in total. The number of rotatable bonds is 7. The molecule has 19 heavy (non-hydrogen) atoms. The van der Waals surface area contributed by atoms with Crippen LogP contribution in [0.15, 0.2) is 25.0 Å². The standard InChI is InChI=1S/C13H16F3NO2/c1-2-3-4-5-6-7-17-8-10(12(18)19)11(9-17)13(14,15)16/h2,8-9H,1,3-7H2,(H,18,19). The number of unbranched alkanes of at least 4 members (excludes halogenated alkanes) is 3. The maximum Gasteiger partial charge on any atom is 0.418 e. The smallest absolute Gasteiger partial charge is 0.418 e. The van der Waals surface area contributed by atoms with Crippen molar-refractivity contribution >= 4 is 5.97 Å². The quantitative estimate of drug-likeness (QED) is 0.604. The molecule has 0 saturated heterocycles. The summed E-state index contributed by atoms with van der Waals surface area (Å²) in [5.41, 5.74) is -1.79. The minimum atomic E-state index is -4.64. The van der Waals surface area contributed by atoms with Gasteiger partial charge in [-0.25, -0.2) is 4.79 Å². The van der Waals surface area contributed by atoms with Gasteiger partial charge in [-0.2, -0.15) is 13.2 Å². The summed E-state index contributed by atoms with van der Waals surface area (Å²) in [7, 11) is 0. The van der Waals surface area contributed by atoms with Gasteiger partial charge in [-0.05, 0) is 19.3 Å². The lowest BCUT2D eigenvalue weighted by Crippen LogP contribution is -2.09. The first-order valence-electron chi connectivity index (χ1n) is 5.97. The largest absolute Gasteiger partial charge is 0.478 e. The van der Waals surface area contributed by atoms with Gasteiger partial charge in [-0.1, -0.05) is 12.5 Å². The van der Waals surface area contributed by atoms with Gasteiger partial charge in [0.15, 0.2) is 0 Å². The molecule has 0 aromatic carbocycles. The van der Waals surface area contributed by atoms with Crippen molar-refractivity contribution in [3.8, 4) is 0 Å². The average Bonchev–Trinajstić information content (AvgIpc) is 2.73. The van der Waals surface area contributed by atoms with Crippen molar-refractivity contribution in [3.05, 3.63) is 36.2 Å². The van der Waals surface area contributed by atoms with Crippen molar-refractivity contribution in [2.75, 3.05) is 0 Å². The fraction of sp³-hybridized carbons (Fsp3) is 0.462. The van der Waals surface area contributed by atoms with Crippen LogP contribution in [0.3, 0.4) is 0 Å². The van der Waals surface area contributed by atoms with E-state index in [4.69, 9.17) is 5.11 Å². The highest BCUT2D eigenvalue weighted by molar-refractivity contribution is 5.89. The lowest BCUT2D eigenvalue weighted by molar-refractivity contribution is -0.138. The van der Waals surface area contributed by atoms with Crippen LogP contribution in [0.2, 0.25) is 0 Å². The fourth-order valence-corrected chi connectivity index (χ4v) is 1.79. The monoisotopic (exact) mass is 275 g/mol. The van der Waals surface area contributed by atoms with Crippen LogP contribution >= 0.6 is 0 Å². The van der Waals surface area contributed by atoms with E-state index in [1.807, 2.05) is 0 Å². The Morgan fingerprint density at radius 3 is 2.47 bits per heavy atom. The number of nitrogens with zero attached hydrogens (tertiary/aromatic N) is 1. The summed E-state index contributed by atoms with van der Waals surface area (Å²) in [6, 6.07) is 0. The van der Waals surface area contributed by atoms with Gasteiger partial charge < -0.3 is 9.67 Å². The SMILES string of the molecule is C=CCCCCCn1cc(C(=O)O)c(C(F)(F)F)c1. The predicted octanol–water partition coefficient (Wildman–Crippen LogP) is 3.95. The summed E-state index contributed by atoms with van der Waals surface area (Å²) in [4.78, 5) is 10.8. The van der Waals surface area contributed by atoms with Crippen LogP contribution in [0.4, 0.5) is 13.2 Å². The Balaban J connectivity index is 2.70. The Morgan fingerprint density at radius 2 is 2.00 bits per heavy atom. The van der Waals surface area contributed by atoms with Gasteiger partial charge in [0.25, 0.3) is 0 Å². The van der Waals surface area contributed by atoms with E-state index in [0.717, 1.165) is 31.7 Å². The van der Waals surface area contributed by atoms with Gasteiger partial charge in [0, 0.05) is 18.9 Å². The summed E-state index contributed by atoms with van der Waals surface area (Å²) < 4.78 is 39.2. The van der Waals surface area contributed by atoms with Crippen LogP contribution in [0.1, 0.15) is 41.6 Å². The molecule has 1 heterocycles. The number of allylic oxidation sites excluding steroid dienone is 1. The summed E-state index contributed by atoms with van der Waals surface area (Å²) in [5.74, 6) is -1.56. The molecular weight excluding hydrogens is 259 g/mol. The van der Waals surface area contributed by atoms with Crippen molar-refractivity contribution < 1.29 is 23.1 Å². The predicted molar refractivity (Wildman–Crippen MR) is 65.1 cm³/mol. The van der Waals surface area contributed by atoms with E-state index < -0.39 is 23.3 Å². The number of aromatic carboxylic acids is 1. The molecule has 0 spiro atoms. The third-order valence-corrected chi connectivity index (χ3v) is 2.74. The van der Waals surface area contributed by atoms with Crippen LogP contribution in [0.25, 0.3) is 0 Å². The molecule has 1 aromatic heterocycles. The molecule has 0 aliphatic heterocycles. The van der Waals surface area contributed by atoms with E-state index in [1.165, 1.54) is 4.57 Å². The maximum atomic E-state index is 12.6. The lowest BCUT2D eigenvalue weighted by Gasteiger charge is -2.04. The number of carboxylic acids is 1. The van der Waals surface area contributed by atoms with Crippen LogP contribution in [0.5, 0.6) is 0 Å². The van der Waals surface area contributed by atoms with E-state index >= 15 is 0 Å². The number of aryl methyl sites for hydroxylation is 1. The average molecular weight is 275 g/mol. The molecule has 1 aromatic rings. The summed E-state index contributed by atoms with van der Waals surface area (Å²) in [6.07, 6.45) is 2.44. The van der Waals surface area contributed by atoms with E-state index in [0.29, 0.717) is 13.0 Å². The van der Waals surface area contributed by atoms with Crippen LogP contribution in [0, 0.1) is 0 Å². The first-order chi connectivity index (χ1) is 8.86. The zero-order chi connectivity index (χ0) is 14.5. The summed E-state index contributed by atoms with van der Waals surface area (Å²) in [5, 5.41) is 8.76. The number of hydrogen-bond donors (Lipinski definition) is 1. The molecule has 0 radical (unpaired) electrons. The Hall–Kier alpha value is -1.72. The number of carboxylic acid groups (broad SMARTS) is 1. The molecule has 1 N–H and O–H groups in total. The molecule has 0 bridgehead atoms. The molecule has 0 fully saturated rings. The number of alkyl halides is 3. The molecule has 0 unspecified atom stereocenters. The van der Waals surface area contributed by atoms with Crippen molar-refractivity contribution in [1.29, 1.82) is 0 Å². The van der Waals surface area contributed by atoms with Crippen molar-refractivity contribution in [3.63, 3.8) is 0 Å². The fourth-order valence-electron chi connectivity index (χ4n) is 1.79. The van der Waals surface area contributed by atoms with Gasteiger partial charge in [0.05, 0.1) is 11.1 Å². The number of halogens is 3. The lowest BCUT2D eigenvalue weighted by atomic mass is 10.2. The van der Waals surface area contributed by atoms with Crippen LogP contribution < -0.4 is 0 Å². The first-order valence-corrected chi connectivity index (χ1v) is 5.97. The summed E-state index contributed by atoms with van der Waals surface area (Å²) >= 11 is 0. The highest BCUT2D eigenvalue weighted by atomic mass is 19.4. The zero-order valence-electron chi connectivity index (χ0n) is 10.4. The number of aromatic nitrogens is 1. The van der Waals surface area contributed by atoms with Gasteiger partial charge >= 0.3 is 12.1 Å². The zero-order valence-corrected chi connectivity index (χ0v) is 10.4. The van der Waals surface area contributed by atoms with Crippen molar-refractivity contribution in [2.24, 2.45) is 0 Å². The Labute approximate surface area is 109 Å². The maximum absolute atomic E-state index is 12.6. The van der Waals surface area contributed by atoms with Gasteiger partial charge in [-0.15, -0.1) is 6.58 Å². The minimum absolute atomic E-state index is 0.382. The van der Waals surface area contributed by atoms with Crippen molar-refractivity contribution in [2.45, 2.75) is 38.4 Å². The second-order valence-corrected chi connectivity index (χ2v) is 4.26. The highest BCUT2D eigenvalue weighted by Crippen LogP contribution is 2.32. The first kappa shape index (κ1) is 15.3.